The van der Waals surface area contributed by atoms with Gasteiger partial charge in [-0.25, -0.2) is 18.1 Å². The third-order valence-corrected chi connectivity index (χ3v) is 9.11. The number of nitrogens with one attached hydrogen (secondary N) is 3. The summed E-state index contributed by atoms with van der Waals surface area (Å²) in [5.41, 5.74) is 3.06. The molecule has 3 N–H and O–H groups in total. The van der Waals surface area contributed by atoms with Crippen molar-refractivity contribution in [3.8, 4) is 5.75 Å². The molecular weight excluding hydrogens is 579 g/mol. The molecule has 0 saturated heterocycles. The highest BCUT2D eigenvalue weighted by Crippen LogP contribution is 2.30. The Hall–Kier alpha value is -3.90. The highest BCUT2D eigenvalue weighted by atomic mass is 32.2. The molecule has 3 aromatic carbocycles. The lowest BCUT2D eigenvalue weighted by Gasteiger charge is -2.28. The van der Waals surface area contributed by atoms with E-state index in [-0.39, 0.29) is 17.4 Å². The van der Waals surface area contributed by atoms with Crippen LogP contribution in [0, 0.1) is 11.8 Å². The fraction of sp³-hybridized carbons (Fsp3) is 0.355. The Morgan fingerprint density at radius 2 is 1.51 bits per heavy atom. The highest BCUT2D eigenvalue weighted by molar-refractivity contribution is 7.89. The second kappa shape index (κ2) is 13.2. The van der Waals surface area contributed by atoms with Crippen LogP contribution in [-0.2, 0) is 16.4 Å². The van der Waals surface area contributed by atoms with Gasteiger partial charge in [0.1, 0.15) is 11.6 Å². The van der Waals surface area contributed by atoms with E-state index in [1.807, 2.05) is 36.4 Å². The Labute approximate surface area is 249 Å². The Kier molecular flexibility index (Phi) is 9.36. The standard InChI is InChI=1S/C31H34F3N5O3S/c1-2-21-11-13-24(14-12-21)37-29-27-5-3-4-6-28(27)38-30(39-29)35-19-22-7-9-23(10-8-22)20-36-43(40,41)26-17-15-25(16-18-26)42-31(32,33)34/h3-6,11-18,22-23,36H,2,7-10,19-20H2,1H3,(H2,35,37,38,39)/t22-,23-. The number of halogens is 3. The molecule has 0 radical (unpaired) electrons. The molecule has 228 valence electrons. The van der Waals surface area contributed by atoms with Gasteiger partial charge >= 0.3 is 6.36 Å². The molecule has 0 atom stereocenters. The largest absolute Gasteiger partial charge is 0.573 e. The summed E-state index contributed by atoms with van der Waals surface area (Å²) in [5, 5.41) is 7.77. The summed E-state index contributed by atoms with van der Waals surface area (Å²) in [6.45, 7) is 3.09. The molecule has 43 heavy (non-hydrogen) atoms. The molecule has 0 unspecified atom stereocenters. The Balaban J connectivity index is 1.13. The van der Waals surface area contributed by atoms with E-state index in [9.17, 15) is 21.6 Å². The molecule has 5 rings (SSSR count). The van der Waals surface area contributed by atoms with Crippen molar-refractivity contribution in [2.75, 3.05) is 23.7 Å². The van der Waals surface area contributed by atoms with Crippen LogP contribution in [0.5, 0.6) is 5.75 Å². The van der Waals surface area contributed by atoms with Crippen LogP contribution >= 0.6 is 0 Å². The molecule has 8 nitrogen and oxygen atoms in total. The van der Waals surface area contributed by atoms with E-state index in [1.54, 1.807) is 0 Å². The van der Waals surface area contributed by atoms with Crippen LogP contribution in [0.4, 0.5) is 30.6 Å². The maximum absolute atomic E-state index is 12.7. The van der Waals surface area contributed by atoms with Gasteiger partial charge in [-0.1, -0.05) is 31.2 Å². The number of ether oxygens (including phenoxy) is 1. The van der Waals surface area contributed by atoms with Gasteiger partial charge in [0, 0.05) is 24.2 Å². The van der Waals surface area contributed by atoms with Crippen LogP contribution < -0.4 is 20.1 Å². The van der Waals surface area contributed by atoms with Gasteiger partial charge in [-0.2, -0.15) is 4.98 Å². The molecule has 1 heterocycles. The van der Waals surface area contributed by atoms with Crippen LogP contribution in [0.15, 0.2) is 77.7 Å². The Morgan fingerprint density at radius 3 is 2.16 bits per heavy atom. The van der Waals surface area contributed by atoms with Crippen molar-refractivity contribution in [1.29, 1.82) is 0 Å². The fourth-order valence-electron chi connectivity index (χ4n) is 5.22. The summed E-state index contributed by atoms with van der Waals surface area (Å²) in [6, 6.07) is 20.3. The topological polar surface area (TPSA) is 105 Å². The average Bonchev–Trinajstić information content (AvgIpc) is 2.99. The van der Waals surface area contributed by atoms with Gasteiger partial charge in [-0.15, -0.1) is 13.2 Å². The van der Waals surface area contributed by atoms with E-state index in [1.165, 1.54) is 5.56 Å². The SMILES string of the molecule is CCc1ccc(Nc2nc(NC[C@H]3CC[C@H](CNS(=O)(=O)c4ccc(OC(F)(F)F)cc4)CC3)nc3ccccc23)cc1. The number of fused-ring (bicyclic) bond motifs is 1. The minimum absolute atomic E-state index is 0.109. The van der Waals surface area contributed by atoms with Crippen LogP contribution in [0.25, 0.3) is 10.9 Å². The van der Waals surface area contributed by atoms with Crippen molar-refractivity contribution in [2.24, 2.45) is 11.8 Å². The van der Waals surface area contributed by atoms with Crippen molar-refractivity contribution < 1.29 is 26.3 Å². The number of alkyl halides is 3. The maximum Gasteiger partial charge on any atom is 0.573 e. The van der Waals surface area contributed by atoms with Gasteiger partial charge in [-0.05, 0) is 98.0 Å². The molecule has 0 aliphatic heterocycles. The van der Waals surface area contributed by atoms with Gasteiger partial charge in [0.15, 0.2) is 0 Å². The number of benzene rings is 3. The third-order valence-electron chi connectivity index (χ3n) is 7.67. The number of para-hydroxylation sites is 1. The van der Waals surface area contributed by atoms with Crippen molar-refractivity contribution >= 4 is 38.4 Å². The second-order valence-electron chi connectivity index (χ2n) is 10.7. The number of sulfonamides is 1. The third kappa shape index (κ3) is 8.35. The quantitative estimate of drug-likeness (QED) is 0.167. The zero-order valence-electron chi connectivity index (χ0n) is 23.7. The first-order valence-electron chi connectivity index (χ1n) is 14.3. The zero-order chi connectivity index (χ0) is 30.5. The van der Waals surface area contributed by atoms with Gasteiger partial charge in [0.25, 0.3) is 0 Å². The first kappa shape index (κ1) is 30.6. The van der Waals surface area contributed by atoms with Crippen LogP contribution in [0.2, 0.25) is 0 Å². The van der Waals surface area contributed by atoms with Crippen LogP contribution in [0.1, 0.15) is 38.2 Å². The lowest BCUT2D eigenvalue weighted by atomic mass is 9.82. The van der Waals surface area contributed by atoms with Crippen molar-refractivity contribution in [2.45, 2.75) is 50.3 Å². The number of aromatic nitrogens is 2. The van der Waals surface area contributed by atoms with E-state index in [4.69, 9.17) is 9.97 Å². The lowest BCUT2D eigenvalue weighted by Crippen LogP contribution is -2.32. The molecule has 1 aliphatic carbocycles. The minimum atomic E-state index is -4.84. The van der Waals surface area contributed by atoms with E-state index in [2.05, 4.69) is 39.1 Å². The van der Waals surface area contributed by atoms with Crippen LogP contribution in [-0.4, -0.2) is 37.8 Å². The predicted octanol–water partition coefficient (Wildman–Crippen LogP) is 7.03. The number of hydrogen-bond donors (Lipinski definition) is 3. The van der Waals surface area contributed by atoms with Crippen molar-refractivity contribution in [3.63, 3.8) is 0 Å². The lowest BCUT2D eigenvalue weighted by molar-refractivity contribution is -0.274. The van der Waals surface area contributed by atoms with Gasteiger partial charge in [0.05, 0.1) is 10.4 Å². The van der Waals surface area contributed by atoms with Crippen LogP contribution in [0.3, 0.4) is 0 Å². The van der Waals surface area contributed by atoms with Crippen molar-refractivity contribution in [1.82, 2.24) is 14.7 Å². The first-order chi connectivity index (χ1) is 20.6. The van der Waals surface area contributed by atoms with E-state index < -0.39 is 22.1 Å². The molecular formula is C31H34F3N5O3S. The highest BCUT2D eigenvalue weighted by Gasteiger charge is 2.31. The van der Waals surface area contributed by atoms with E-state index in [0.717, 1.165) is 78.8 Å². The minimum Gasteiger partial charge on any atom is -0.406 e. The number of nitrogens with zero attached hydrogens (tertiary/aromatic N) is 2. The zero-order valence-corrected chi connectivity index (χ0v) is 24.5. The first-order valence-corrected chi connectivity index (χ1v) is 15.8. The van der Waals surface area contributed by atoms with Gasteiger partial charge in [-0.3, -0.25) is 0 Å². The number of hydrogen-bond acceptors (Lipinski definition) is 7. The molecule has 0 amide bonds. The summed E-state index contributed by atoms with van der Waals surface area (Å²) >= 11 is 0. The molecule has 1 aliphatic rings. The number of rotatable bonds is 11. The number of aryl methyl sites for hydroxylation is 1. The summed E-state index contributed by atoms with van der Waals surface area (Å²) in [5.74, 6) is 1.37. The molecule has 12 heteroatoms. The predicted molar refractivity (Wildman–Crippen MR) is 161 cm³/mol. The molecule has 4 aromatic rings. The Morgan fingerprint density at radius 1 is 0.860 bits per heavy atom. The Bertz CT molecular complexity index is 1620. The summed E-state index contributed by atoms with van der Waals surface area (Å²) in [4.78, 5) is 9.37. The summed E-state index contributed by atoms with van der Waals surface area (Å²) in [7, 11) is -3.85. The summed E-state index contributed by atoms with van der Waals surface area (Å²) < 4.78 is 68.8. The molecule has 0 bridgehead atoms. The second-order valence-corrected chi connectivity index (χ2v) is 12.5. The normalized spacial score (nSPS) is 17.5. The molecule has 0 spiro atoms. The van der Waals surface area contributed by atoms with Crippen molar-refractivity contribution in [3.05, 3.63) is 78.4 Å². The molecule has 1 fully saturated rings. The number of anilines is 3. The van der Waals surface area contributed by atoms with Gasteiger partial charge < -0.3 is 15.4 Å². The molecule has 1 aromatic heterocycles. The fourth-order valence-corrected chi connectivity index (χ4v) is 6.33. The monoisotopic (exact) mass is 613 g/mol. The average molecular weight is 614 g/mol. The van der Waals surface area contributed by atoms with E-state index >= 15 is 0 Å². The van der Waals surface area contributed by atoms with E-state index in [0.29, 0.717) is 18.4 Å². The maximum atomic E-state index is 12.7. The summed E-state index contributed by atoms with van der Waals surface area (Å²) in [6.07, 6.45) is -0.309. The van der Waals surface area contributed by atoms with Gasteiger partial charge in [0.2, 0.25) is 16.0 Å². The molecule has 1 saturated carbocycles. The smallest absolute Gasteiger partial charge is 0.406 e.